The summed E-state index contributed by atoms with van der Waals surface area (Å²) in [5, 5.41) is 3.10. The number of ether oxygens (including phenoxy) is 1. The number of rotatable bonds is 5. The lowest BCUT2D eigenvalue weighted by Gasteiger charge is -2.23. The number of fused-ring (bicyclic) bond motifs is 1. The van der Waals surface area contributed by atoms with Crippen LogP contribution in [0.4, 0.5) is 5.82 Å². The lowest BCUT2D eigenvalue weighted by molar-refractivity contribution is 0.0531. The highest BCUT2D eigenvalue weighted by Crippen LogP contribution is 2.36. The third-order valence-corrected chi connectivity index (χ3v) is 6.90. The molecule has 3 aromatic heterocycles. The van der Waals surface area contributed by atoms with Crippen molar-refractivity contribution in [3.63, 3.8) is 0 Å². The zero-order valence-corrected chi connectivity index (χ0v) is 18.6. The number of hydrogen-bond donors (Lipinski definition) is 0. The van der Waals surface area contributed by atoms with Gasteiger partial charge in [-0.2, -0.15) is 0 Å². The molecule has 0 unspecified atom stereocenters. The molecule has 0 radical (unpaired) electrons. The van der Waals surface area contributed by atoms with Gasteiger partial charge in [-0.3, -0.25) is 4.90 Å². The number of carbonyl (C=O) groups excluding carboxylic acids is 1. The molecule has 1 saturated heterocycles. The van der Waals surface area contributed by atoms with E-state index >= 15 is 0 Å². The van der Waals surface area contributed by atoms with Crippen molar-refractivity contribution in [2.24, 2.45) is 0 Å². The number of aryl methyl sites for hydroxylation is 2. The summed E-state index contributed by atoms with van der Waals surface area (Å²) in [6.45, 7) is 10.8. The minimum Gasteiger partial charge on any atom is -0.462 e. The monoisotopic (exact) mass is 431 g/mol. The molecule has 0 spiro atoms. The Balaban J connectivity index is 1.62. The van der Waals surface area contributed by atoms with Gasteiger partial charge < -0.3 is 9.64 Å². The first-order valence-corrected chi connectivity index (χ1v) is 11.6. The number of nitrogens with zero attached hydrogens (tertiary/aromatic N) is 5. The Kier molecular flexibility index (Phi) is 6.07. The van der Waals surface area contributed by atoms with Gasteiger partial charge >= 0.3 is 5.97 Å². The standard InChI is InChI=1S/C20H25N5O2S2/c1-4-27-20(26)17-13(2)16-18(22-14(3)23-19(16)29-17)25-7-5-6-24(8-9-25)10-15-11-28-12-21-15/h11-12H,4-10H2,1-3H3. The SMILES string of the molecule is CCOC(=O)c1sc2nc(C)nc(N3CCCN(Cc4cscn4)CC3)c2c1C. The summed E-state index contributed by atoms with van der Waals surface area (Å²) >= 11 is 3.04. The minimum absolute atomic E-state index is 0.276. The van der Waals surface area contributed by atoms with Gasteiger partial charge in [0.25, 0.3) is 0 Å². The van der Waals surface area contributed by atoms with Gasteiger partial charge in [0.2, 0.25) is 0 Å². The van der Waals surface area contributed by atoms with Crippen molar-refractivity contribution in [3.05, 3.63) is 32.8 Å². The number of anilines is 1. The Morgan fingerprint density at radius 2 is 2.07 bits per heavy atom. The molecule has 9 heteroatoms. The molecule has 1 aliphatic heterocycles. The molecule has 7 nitrogen and oxygen atoms in total. The molecule has 0 bridgehead atoms. The maximum atomic E-state index is 12.4. The van der Waals surface area contributed by atoms with Crippen LogP contribution < -0.4 is 4.90 Å². The van der Waals surface area contributed by atoms with Crippen LogP contribution in [-0.2, 0) is 11.3 Å². The molecule has 1 fully saturated rings. The van der Waals surface area contributed by atoms with Crippen molar-refractivity contribution in [1.29, 1.82) is 0 Å². The van der Waals surface area contributed by atoms with Gasteiger partial charge in [-0.1, -0.05) is 0 Å². The molecule has 154 valence electrons. The highest BCUT2D eigenvalue weighted by molar-refractivity contribution is 7.20. The molecule has 0 aromatic carbocycles. The molecule has 4 rings (SSSR count). The molecule has 0 aliphatic carbocycles. The fourth-order valence-corrected chi connectivity index (χ4v) is 5.39. The average Bonchev–Trinajstić information content (AvgIpc) is 3.24. The first-order chi connectivity index (χ1) is 14.1. The Bertz CT molecular complexity index is 1000. The van der Waals surface area contributed by atoms with E-state index in [1.54, 1.807) is 11.3 Å². The van der Waals surface area contributed by atoms with Crippen molar-refractivity contribution in [2.45, 2.75) is 33.7 Å². The van der Waals surface area contributed by atoms with Gasteiger partial charge in [-0.05, 0) is 32.8 Å². The van der Waals surface area contributed by atoms with E-state index in [4.69, 9.17) is 9.72 Å². The number of esters is 1. The van der Waals surface area contributed by atoms with Crippen molar-refractivity contribution in [1.82, 2.24) is 19.9 Å². The second-order valence-electron chi connectivity index (χ2n) is 7.15. The van der Waals surface area contributed by atoms with Crippen LogP contribution in [0.3, 0.4) is 0 Å². The van der Waals surface area contributed by atoms with E-state index in [1.807, 2.05) is 26.3 Å². The summed E-state index contributed by atoms with van der Waals surface area (Å²) in [6.07, 6.45) is 1.06. The van der Waals surface area contributed by atoms with Crippen LogP contribution >= 0.6 is 22.7 Å². The first kappa shape index (κ1) is 20.2. The maximum absolute atomic E-state index is 12.4. The Hall–Kier alpha value is -2.10. The summed E-state index contributed by atoms with van der Waals surface area (Å²) in [4.78, 5) is 32.4. The van der Waals surface area contributed by atoms with Crippen molar-refractivity contribution in [3.8, 4) is 0 Å². The highest BCUT2D eigenvalue weighted by atomic mass is 32.1. The number of thiophene rings is 1. The summed E-state index contributed by atoms with van der Waals surface area (Å²) in [7, 11) is 0. The van der Waals surface area contributed by atoms with Gasteiger partial charge in [0.15, 0.2) is 0 Å². The van der Waals surface area contributed by atoms with Gasteiger partial charge in [0, 0.05) is 38.1 Å². The Labute approximate surface area is 178 Å². The largest absolute Gasteiger partial charge is 0.462 e. The minimum atomic E-state index is -0.276. The molecule has 3 aromatic rings. The fraction of sp³-hybridized carbons (Fsp3) is 0.500. The van der Waals surface area contributed by atoms with E-state index in [0.717, 1.165) is 72.3 Å². The van der Waals surface area contributed by atoms with Gasteiger partial charge in [0.1, 0.15) is 21.3 Å². The smallest absolute Gasteiger partial charge is 0.348 e. The van der Waals surface area contributed by atoms with Crippen LogP contribution in [0.1, 0.15) is 40.1 Å². The molecule has 1 aliphatic rings. The zero-order chi connectivity index (χ0) is 20.4. The Morgan fingerprint density at radius 3 is 2.83 bits per heavy atom. The Morgan fingerprint density at radius 1 is 1.21 bits per heavy atom. The lowest BCUT2D eigenvalue weighted by atomic mass is 10.2. The normalized spacial score (nSPS) is 15.6. The van der Waals surface area contributed by atoms with Crippen molar-refractivity contribution >= 4 is 44.7 Å². The number of thiazole rings is 1. The molecule has 0 N–H and O–H groups in total. The van der Waals surface area contributed by atoms with E-state index in [0.29, 0.717) is 11.5 Å². The second-order valence-corrected chi connectivity index (χ2v) is 8.87. The van der Waals surface area contributed by atoms with E-state index in [2.05, 4.69) is 25.1 Å². The molecular formula is C20H25N5O2S2. The summed E-state index contributed by atoms with van der Waals surface area (Å²) in [5.74, 6) is 1.39. The van der Waals surface area contributed by atoms with Crippen LogP contribution in [0, 0.1) is 13.8 Å². The van der Waals surface area contributed by atoms with Crippen LogP contribution in [-0.4, -0.2) is 58.6 Å². The number of aromatic nitrogens is 3. The van der Waals surface area contributed by atoms with Crippen LogP contribution in [0.5, 0.6) is 0 Å². The van der Waals surface area contributed by atoms with E-state index in [1.165, 1.54) is 11.3 Å². The first-order valence-electron chi connectivity index (χ1n) is 9.86. The predicted molar refractivity (Wildman–Crippen MR) is 117 cm³/mol. The average molecular weight is 432 g/mol. The van der Waals surface area contributed by atoms with Crippen molar-refractivity contribution in [2.75, 3.05) is 37.7 Å². The zero-order valence-electron chi connectivity index (χ0n) is 17.0. The molecule has 0 saturated carbocycles. The third kappa shape index (κ3) is 4.26. The fourth-order valence-electron chi connectivity index (χ4n) is 3.73. The van der Waals surface area contributed by atoms with Gasteiger partial charge in [0.05, 0.1) is 23.2 Å². The molecule has 0 amide bonds. The molecule has 4 heterocycles. The number of carbonyl (C=O) groups is 1. The maximum Gasteiger partial charge on any atom is 0.348 e. The second kappa shape index (κ2) is 8.73. The quantitative estimate of drug-likeness (QED) is 0.571. The lowest BCUT2D eigenvalue weighted by Crippen LogP contribution is -2.31. The van der Waals surface area contributed by atoms with Crippen molar-refractivity contribution < 1.29 is 9.53 Å². The number of hydrogen-bond acceptors (Lipinski definition) is 9. The van der Waals surface area contributed by atoms with Crippen LogP contribution in [0.2, 0.25) is 0 Å². The summed E-state index contributed by atoms with van der Waals surface area (Å²) in [6, 6.07) is 0. The van der Waals surface area contributed by atoms with E-state index in [-0.39, 0.29) is 5.97 Å². The van der Waals surface area contributed by atoms with Crippen LogP contribution in [0.15, 0.2) is 10.9 Å². The van der Waals surface area contributed by atoms with Gasteiger partial charge in [-0.15, -0.1) is 22.7 Å². The van der Waals surface area contributed by atoms with E-state index < -0.39 is 0 Å². The molecule has 29 heavy (non-hydrogen) atoms. The topological polar surface area (TPSA) is 71.5 Å². The highest BCUT2D eigenvalue weighted by Gasteiger charge is 2.25. The molecule has 0 atom stereocenters. The van der Waals surface area contributed by atoms with Crippen LogP contribution in [0.25, 0.3) is 10.2 Å². The third-order valence-electron chi connectivity index (χ3n) is 5.10. The van der Waals surface area contributed by atoms with Gasteiger partial charge in [-0.25, -0.2) is 19.7 Å². The summed E-state index contributed by atoms with van der Waals surface area (Å²) < 4.78 is 5.24. The predicted octanol–water partition coefficient (Wildman–Crippen LogP) is 3.65. The molecular weight excluding hydrogens is 406 g/mol. The summed E-state index contributed by atoms with van der Waals surface area (Å²) in [5.41, 5.74) is 3.94. The van der Waals surface area contributed by atoms with E-state index in [9.17, 15) is 4.79 Å².